The van der Waals surface area contributed by atoms with E-state index in [-0.39, 0.29) is 0 Å². The smallest absolute Gasteiger partial charge is 0.237 e. The third-order valence-electron chi connectivity index (χ3n) is 3.36. The van der Waals surface area contributed by atoms with Gasteiger partial charge in [0.1, 0.15) is 6.33 Å². The Balaban J connectivity index is 1.47. The highest BCUT2D eigenvalue weighted by atomic mass is 35.5. The van der Waals surface area contributed by atoms with Crippen LogP contribution in [0.5, 0.6) is 0 Å². The maximum Gasteiger partial charge on any atom is 0.237 e. The molecule has 0 bridgehead atoms. The Kier molecular flexibility index (Phi) is 3.59. The van der Waals surface area contributed by atoms with Gasteiger partial charge in [0.25, 0.3) is 0 Å². The second-order valence-electron chi connectivity index (χ2n) is 5.06. The molecule has 112 valence electrons. The van der Waals surface area contributed by atoms with Gasteiger partial charge >= 0.3 is 0 Å². The summed E-state index contributed by atoms with van der Waals surface area (Å²) in [6.45, 7) is 0. The Morgan fingerprint density at radius 3 is 3.09 bits per heavy atom. The van der Waals surface area contributed by atoms with Gasteiger partial charge in [-0.2, -0.15) is 4.98 Å². The Morgan fingerprint density at radius 1 is 1.36 bits per heavy atom. The zero-order valence-electron chi connectivity index (χ0n) is 11.5. The van der Waals surface area contributed by atoms with E-state index in [9.17, 15) is 0 Å². The molecule has 0 aliphatic heterocycles. The summed E-state index contributed by atoms with van der Waals surface area (Å²) in [5.74, 6) is 1.67. The average Bonchev–Trinajstić information content (AvgIpc) is 3.08. The number of thioether (sulfide) groups is 1. The molecule has 0 spiro atoms. The van der Waals surface area contributed by atoms with Crippen LogP contribution in [0.15, 0.2) is 40.3 Å². The number of rotatable bonds is 5. The molecule has 3 aromatic rings. The molecule has 0 saturated heterocycles. The molecule has 2 heterocycles. The summed E-state index contributed by atoms with van der Waals surface area (Å²) in [4.78, 5) is 4.40. The fraction of sp³-hybridized carbons (Fsp3) is 0.286. The van der Waals surface area contributed by atoms with Crippen molar-refractivity contribution in [3.05, 3.63) is 41.5 Å². The Labute approximate surface area is 135 Å². The number of nitrogens with zero attached hydrogens (tertiary/aromatic N) is 5. The van der Waals surface area contributed by atoms with Gasteiger partial charge in [0, 0.05) is 16.6 Å². The molecule has 1 aliphatic carbocycles. The molecular weight excluding hydrogens is 322 g/mol. The van der Waals surface area contributed by atoms with Gasteiger partial charge in [-0.05, 0) is 25.0 Å². The lowest BCUT2D eigenvalue weighted by Crippen LogP contribution is -1.94. The first-order valence-corrected chi connectivity index (χ1v) is 8.27. The summed E-state index contributed by atoms with van der Waals surface area (Å²) < 4.78 is 7.40. The number of halogens is 1. The number of aromatic nitrogens is 5. The van der Waals surface area contributed by atoms with E-state index in [4.69, 9.17) is 16.1 Å². The molecule has 0 amide bonds. The quantitative estimate of drug-likeness (QED) is 0.664. The van der Waals surface area contributed by atoms with Gasteiger partial charge < -0.3 is 9.09 Å². The topological polar surface area (TPSA) is 69.6 Å². The number of hydrogen-bond acceptors (Lipinski definition) is 6. The monoisotopic (exact) mass is 333 g/mol. The molecular formula is C14H12ClN5OS. The van der Waals surface area contributed by atoms with Gasteiger partial charge in [0.2, 0.25) is 11.7 Å². The van der Waals surface area contributed by atoms with E-state index in [1.807, 2.05) is 24.3 Å². The fourth-order valence-electron chi connectivity index (χ4n) is 2.12. The van der Waals surface area contributed by atoms with Crippen LogP contribution >= 0.6 is 23.4 Å². The molecule has 0 unspecified atom stereocenters. The predicted octanol–water partition coefficient (Wildman–Crippen LogP) is 3.61. The summed E-state index contributed by atoms with van der Waals surface area (Å²) in [6.07, 6.45) is 4.18. The third kappa shape index (κ3) is 2.86. The van der Waals surface area contributed by atoms with Crippen molar-refractivity contribution in [3.8, 4) is 11.4 Å². The van der Waals surface area contributed by atoms with Crippen LogP contribution in [-0.4, -0.2) is 24.9 Å². The fourth-order valence-corrected chi connectivity index (χ4v) is 3.13. The normalized spacial score (nSPS) is 14.4. The molecule has 1 fully saturated rings. The van der Waals surface area contributed by atoms with Crippen LogP contribution in [0, 0.1) is 0 Å². The number of hydrogen-bond donors (Lipinski definition) is 0. The van der Waals surface area contributed by atoms with Gasteiger partial charge in [-0.3, -0.25) is 0 Å². The van der Waals surface area contributed by atoms with Crippen molar-refractivity contribution in [1.82, 2.24) is 24.9 Å². The highest BCUT2D eigenvalue weighted by molar-refractivity contribution is 7.98. The second kappa shape index (κ2) is 5.73. The molecule has 1 saturated carbocycles. The van der Waals surface area contributed by atoms with Crippen molar-refractivity contribution in [1.29, 1.82) is 0 Å². The SMILES string of the molecule is Clc1cccc(-c2noc(CSc3nncn3C3CC3)n2)c1. The van der Waals surface area contributed by atoms with E-state index < -0.39 is 0 Å². The molecule has 1 aromatic carbocycles. The second-order valence-corrected chi connectivity index (χ2v) is 6.44. The molecule has 0 N–H and O–H groups in total. The first-order valence-electron chi connectivity index (χ1n) is 6.90. The first kappa shape index (κ1) is 13.8. The largest absolute Gasteiger partial charge is 0.338 e. The van der Waals surface area contributed by atoms with Crippen LogP contribution in [0.4, 0.5) is 0 Å². The minimum atomic E-state index is 0.543. The summed E-state index contributed by atoms with van der Waals surface area (Å²) in [5.41, 5.74) is 0.841. The van der Waals surface area contributed by atoms with Crippen molar-refractivity contribution in [3.63, 3.8) is 0 Å². The molecule has 6 nitrogen and oxygen atoms in total. The van der Waals surface area contributed by atoms with Crippen LogP contribution < -0.4 is 0 Å². The molecule has 4 rings (SSSR count). The zero-order valence-corrected chi connectivity index (χ0v) is 13.1. The minimum absolute atomic E-state index is 0.543. The predicted molar refractivity (Wildman–Crippen MR) is 82.6 cm³/mol. The zero-order chi connectivity index (χ0) is 14.9. The third-order valence-corrected chi connectivity index (χ3v) is 4.53. The number of benzene rings is 1. The lowest BCUT2D eigenvalue weighted by atomic mass is 10.2. The van der Waals surface area contributed by atoms with E-state index in [1.165, 1.54) is 12.8 Å². The van der Waals surface area contributed by atoms with E-state index in [0.717, 1.165) is 10.7 Å². The lowest BCUT2D eigenvalue weighted by Gasteiger charge is -2.01. The minimum Gasteiger partial charge on any atom is -0.338 e. The van der Waals surface area contributed by atoms with E-state index in [0.29, 0.717) is 28.5 Å². The molecule has 8 heteroatoms. The molecule has 0 atom stereocenters. The van der Waals surface area contributed by atoms with Crippen LogP contribution in [0.25, 0.3) is 11.4 Å². The summed E-state index contributed by atoms with van der Waals surface area (Å²) in [5, 5.41) is 13.6. The van der Waals surface area contributed by atoms with Gasteiger partial charge in [-0.1, -0.05) is 40.7 Å². The maximum atomic E-state index is 5.97. The molecule has 22 heavy (non-hydrogen) atoms. The van der Waals surface area contributed by atoms with Crippen molar-refractivity contribution in [2.24, 2.45) is 0 Å². The van der Waals surface area contributed by atoms with E-state index >= 15 is 0 Å². The standard InChI is InChI=1S/C14H12ClN5OS/c15-10-3-1-2-9(6-10)13-17-12(21-19-13)7-22-14-18-16-8-20(14)11-4-5-11/h1-3,6,8,11H,4-5,7H2. The molecule has 2 aromatic heterocycles. The van der Waals surface area contributed by atoms with Crippen LogP contribution in [0.1, 0.15) is 24.8 Å². The van der Waals surface area contributed by atoms with Gasteiger partial charge in [0.05, 0.1) is 5.75 Å². The van der Waals surface area contributed by atoms with Crippen LogP contribution in [-0.2, 0) is 5.75 Å². The van der Waals surface area contributed by atoms with Crippen molar-refractivity contribution in [2.75, 3.05) is 0 Å². The molecule has 0 radical (unpaired) electrons. The van der Waals surface area contributed by atoms with Crippen molar-refractivity contribution >= 4 is 23.4 Å². The van der Waals surface area contributed by atoms with Gasteiger partial charge in [-0.15, -0.1) is 10.2 Å². The van der Waals surface area contributed by atoms with Crippen molar-refractivity contribution < 1.29 is 4.52 Å². The van der Waals surface area contributed by atoms with Gasteiger partial charge in [-0.25, -0.2) is 0 Å². The Hall–Kier alpha value is -1.86. The average molecular weight is 334 g/mol. The Morgan fingerprint density at radius 2 is 2.27 bits per heavy atom. The van der Waals surface area contributed by atoms with E-state index in [1.54, 1.807) is 18.1 Å². The van der Waals surface area contributed by atoms with Crippen LogP contribution in [0.3, 0.4) is 0 Å². The van der Waals surface area contributed by atoms with E-state index in [2.05, 4.69) is 24.9 Å². The van der Waals surface area contributed by atoms with Gasteiger partial charge in [0.15, 0.2) is 5.16 Å². The maximum absolute atomic E-state index is 5.97. The molecule has 1 aliphatic rings. The summed E-state index contributed by atoms with van der Waals surface area (Å²) in [6, 6.07) is 7.94. The van der Waals surface area contributed by atoms with Crippen LogP contribution in [0.2, 0.25) is 5.02 Å². The summed E-state index contributed by atoms with van der Waals surface area (Å²) in [7, 11) is 0. The van der Waals surface area contributed by atoms with Crippen molar-refractivity contribution in [2.45, 2.75) is 29.8 Å². The summed E-state index contributed by atoms with van der Waals surface area (Å²) >= 11 is 7.53. The first-order chi connectivity index (χ1) is 10.8. The highest BCUT2D eigenvalue weighted by Gasteiger charge is 2.26. The highest BCUT2D eigenvalue weighted by Crippen LogP contribution is 2.37. The Bertz CT molecular complexity index is 798. The lowest BCUT2D eigenvalue weighted by molar-refractivity contribution is 0.391.